The number of rotatable bonds is 4. The summed E-state index contributed by atoms with van der Waals surface area (Å²) < 4.78 is 14.2. The minimum atomic E-state index is -0.394. The van der Waals surface area contributed by atoms with Gasteiger partial charge in [-0.25, -0.2) is 9.37 Å². The predicted molar refractivity (Wildman–Crippen MR) is 81.3 cm³/mol. The summed E-state index contributed by atoms with van der Waals surface area (Å²) in [5.74, 6) is -0.394. The number of aromatic amines is 1. The van der Waals surface area contributed by atoms with E-state index in [0.717, 1.165) is 22.2 Å². The molecule has 0 spiro atoms. The van der Waals surface area contributed by atoms with E-state index in [2.05, 4.69) is 16.5 Å². The number of aliphatic hydroxyl groups excluding tert-OH is 1. The van der Waals surface area contributed by atoms with Crippen LogP contribution in [0.4, 0.5) is 4.39 Å². The Balaban J connectivity index is 2.20. The van der Waals surface area contributed by atoms with E-state index in [4.69, 9.17) is 0 Å². The molecule has 21 heavy (non-hydrogen) atoms. The third kappa shape index (κ3) is 2.45. The maximum atomic E-state index is 14.2. The van der Waals surface area contributed by atoms with Crippen LogP contribution in [0.3, 0.4) is 0 Å². The molecule has 1 heterocycles. The van der Waals surface area contributed by atoms with Gasteiger partial charge < -0.3 is 10.1 Å². The smallest absolute Gasteiger partial charge is 0.129 e. The third-order valence-electron chi connectivity index (χ3n) is 3.53. The van der Waals surface area contributed by atoms with Crippen LogP contribution in [-0.4, -0.2) is 15.1 Å². The van der Waals surface area contributed by atoms with Crippen molar-refractivity contribution in [2.24, 2.45) is 0 Å². The summed E-state index contributed by atoms with van der Waals surface area (Å²) in [5, 5.41) is 9.47. The standard InChI is InChI=1S/C17H15FN2O/c1-2-3-11-6-13(14(9-21)15(18)7-11)12-4-5-16-17(8-12)20-10-19-16/h2,4-8,10,21H,1,3,9H2,(H,19,20). The highest BCUT2D eigenvalue weighted by atomic mass is 19.1. The molecule has 0 bridgehead atoms. The summed E-state index contributed by atoms with van der Waals surface area (Å²) in [6.45, 7) is 3.34. The van der Waals surface area contributed by atoms with Crippen LogP contribution in [0, 0.1) is 5.82 Å². The van der Waals surface area contributed by atoms with Gasteiger partial charge in [0.1, 0.15) is 5.82 Å². The highest BCUT2D eigenvalue weighted by Crippen LogP contribution is 2.29. The number of nitrogens with one attached hydrogen (secondary N) is 1. The second-order valence-corrected chi connectivity index (χ2v) is 4.89. The zero-order valence-electron chi connectivity index (χ0n) is 11.4. The Kier molecular flexibility index (Phi) is 3.54. The van der Waals surface area contributed by atoms with Gasteiger partial charge in [0.25, 0.3) is 0 Å². The van der Waals surface area contributed by atoms with Crippen molar-refractivity contribution in [1.82, 2.24) is 9.97 Å². The second kappa shape index (κ2) is 5.50. The van der Waals surface area contributed by atoms with E-state index >= 15 is 0 Å². The highest BCUT2D eigenvalue weighted by molar-refractivity contribution is 5.82. The van der Waals surface area contributed by atoms with Gasteiger partial charge in [-0.1, -0.05) is 18.2 Å². The first kappa shape index (κ1) is 13.5. The predicted octanol–water partition coefficient (Wildman–Crippen LogP) is 3.59. The number of halogens is 1. The first-order chi connectivity index (χ1) is 10.2. The van der Waals surface area contributed by atoms with Crippen LogP contribution in [0.25, 0.3) is 22.2 Å². The number of aromatic nitrogens is 2. The number of benzene rings is 2. The minimum absolute atomic E-state index is 0.303. The van der Waals surface area contributed by atoms with Gasteiger partial charge in [-0.3, -0.25) is 0 Å². The number of aliphatic hydroxyl groups is 1. The molecular formula is C17H15FN2O. The average molecular weight is 282 g/mol. The van der Waals surface area contributed by atoms with Crippen LogP contribution in [0.5, 0.6) is 0 Å². The molecule has 0 amide bonds. The van der Waals surface area contributed by atoms with Gasteiger partial charge in [0, 0.05) is 5.56 Å². The van der Waals surface area contributed by atoms with Gasteiger partial charge in [-0.15, -0.1) is 6.58 Å². The van der Waals surface area contributed by atoms with Gasteiger partial charge in [-0.05, 0) is 41.3 Å². The van der Waals surface area contributed by atoms with Crippen LogP contribution in [0.1, 0.15) is 11.1 Å². The molecule has 0 saturated heterocycles. The fourth-order valence-electron chi connectivity index (χ4n) is 2.49. The topological polar surface area (TPSA) is 48.9 Å². The molecule has 2 aromatic carbocycles. The highest BCUT2D eigenvalue weighted by Gasteiger charge is 2.12. The molecule has 2 N–H and O–H groups in total. The molecule has 1 aromatic heterocycles. The Labute approximate surface area is 121 Å². The largest absolute Gasteiger partial charge is 0.392 e. The summed E-state index contributed by atoms with van der Waals surface area (Å²) in [7, 11) is 0. The summed E-state index contributed by atoms with van der Waals surface area (Å²) in [4.78, 5) is 7.24. The number of allylic oxidation sites excluding steroid dienone is 1. The maximum Gasteiger partial charge on any atom is 0.129 e. The molecule has 0 unspecified atom stereocenters. The molecule has 0 saturated carbocycles. The molecule has 3 rings (SSSR count). The summed E-state index contributed by atoms with van der Waals surface area (Å²) in [5.41, 5.74) is 4.40. The molecule has 0 fully saturated rings. The molecule has 0 atom stereocenters. The third-order valence-corrected chi connectivity index (χ3v) is 3.53. The Morgan fingerprint density at radius 3 is 2.90 bits per heavy atom. The van der Waals surface area contributed by atoms with Crippen molar-refractivity contribution in [3.8, 4) is 11.1 Å². The van der Waals surface area contributed by atoms with Gasteiger partial charge in [0.2, 0.25) is 0 Å². The second-order valence-electron chi connectivity index (χ2n) is 4.89. The minimum Gasteiger partial charge on any atom is -0.392 e. The lowest BCUT2D eigenvalue weighted by Crippen LogP contribution is -1.97. The van der Waals surface area contributed by atoms with Gasteiger partial charge in [0.05, 0.1) is 24.0 Å². The molecule has 3 aromatic rings. The van der Waals surface area contributed by atoms with E-state index in [1.165, 1.54) is 6.07 Å². The van der Waals surface area contributed by atoms with E-state index < -0.39 is 5.82 Å². The van der Waals surface area contributed by atoms with Crippen molar-refractivity contribution >= 4 is 11.0 Å². The number of imidazole rings is 1. The van der Waals surface area contributed by atoms with Gasteiger partial charge in [-0.2, -0.15) is 0 Å². The van der Waals surface area contributed by atoms with Gasteiger partial charge in [0.15, 0.2) is 0 Å². The summed E-state index contributed by atoms with van der Waals surface area (Å²) >= 11 is 0. The summed E-state index contributed by atoms with van der Waals surface area (Å²) in [6.07, 6.45) is 3.93. The van der Waals surface area contributed by atoms with Crippen LogP contribution in [0.2, 0.25) is 0 Å². The van der Waals surface area contributed by atoms with Gasteiger partial charge >= 0.3 is 0 Å². The van der Waals surface area contributed by atoms with E-state index in [9.17, 15) is 9.50 Å². The van der Waals surface area contributed by atoms with E-state index in [-0.39, 0.29) is 6.61 Å². The lowest BCUT2D eigenvalue weighted by atomic mass is 9.95. The number of H-pyrrole nitrogens is 1. The molecule has 4 heteroatoms. The van der Waals surface area contributed by atoms with Crippen molar-refractivity contribution in [3.05, 3.63) is 66.3 Å². The molecule has 0 radical (unpaired) electrons. The van der Waals surface area contributed by atoms with Crippen molar-refractivity contribution in [2.45, 2.75) is 13.0 Å². The van der Waals surface area contributed by atoms with E-state index in [1.807, 2.05) is 24.3 Å². The zero-order chi connectivity index (χ0) is 14.8. The lowest BCUT2D eigenvalue weighted by Gasteiger charge is -2.11. The number of fused-ring (bicyclic) bond motifs is 1. The first-order valence-corrected chi connectivity index (χ1v) is 6.69. The van der Waals surface area contributed by atoms with Crippen LogP contribution < -0.4 is 0 Å². The average Bonchev–Trinajstić information content (AvgIpc) is 2.94. The Morgan fingerprint density at radius 2 is 2.14 bits per heavy atom. The molecule has 106 valence electrons. The van der Waals surface area contributed by atoms with Crippen molar-refractivity contribution < 1.29 is 9.50 Å². The SMILES string of the molecule is C=CCc1cc(F)c(CO)c(-c2ccc3[nH]cnc3c2)c1. The monoisotopic (exact) mass is 282 g/mol. The summed E-state index contributed by atoms with van der Waals surface area (Å²) in [6, 6.07) is 9.02. The molecule has 0 aliphatic rings. The first-order valence-electron chi connectivity index (χ1n) is 6.69. The van der Waals surface area contributed by atoms with Crippen molar-refractivity contribution in [3.63, 3.8) is 0 Å². The molecule has 0 aliphatic carbocycles. The fourth-order valence-corrected chi connectivity index (χ4v) is 2.49. The number of hydrogen-bond acceptors (Lipinski definition) is 2. The molecule has 3 nitrogen and oxygen atoms in total. The van der Waals surface area contributed by atoms with Crippen LogP contribution in [-0.2, 0) is 13.0 Å². The fraction of sp³-hybridized carbons (Fsp3) is 0.118. The Bertz CT molecular complexity index is 808. The quantitative estimate of drug-likeness (QED) is 0.718. The molecule has 0 aliphatic heterocycles. The number of nitrogens with zero attached hydrogens (tertiary/aromatic N) is 1. The van der Waals surface area contributed by atoms with Crippen LogP contribution in [0.15, 0.2) is 49.3 Å². The van der Waals surface area contributed by atoms with E-state index in [1.54, 1.807) is 12.4 Å². The molecular weight excluding hydrogens is 267 g/mol. The lowest BCUT2D eigenvalue weighted by molar-refractivity contribution is 0.276. The maximum absolute atomic E-state index is 14.2. The van der Waals surface area contributed by atoms with Crippen LogP contribution >= 0.6 is 0 Å². The van der Waals surface area contributed by atoms with Crippen molar-refractivity contribution in [2.75, 3.05) is 0 Å². The Hall–Kier alpha value is -2.46. The van der Waals surface area contributed by atoms with E-state index in [0.29, 0.717) is 17.5 Å². The van der Waals surface area contributed by atoms with Crippen molar-refractivity contribution in [1.29, 1.82) is 0 Å². The Morgan fingerprint density at radius 1 is 1.29 bits per heavy atom. The number of hydrogen-bond donors (Lipinski definition) is 2. The zero-order valence-corrected chi connectivity index (χ0v) is 11.4. The normalized spacial score (nSPS) is 11.0.